The van der Waals surface area contributed by atoms with Crippen molar-refractivity contribution in [2.24, 2.45) is 4.99 Å². The summed E-state index contributed by atoms with van der Waals surface area (Å²) in [6.07, 6.45) is 0.968. The first-order valence-corrected chi connectivity index (χ1v) is 11.2. The number of guanidine groups is 1. The van der Waals surface area contributed by atoms with Crippen molar-refractivity contribution in [3.63, 3.8) is 0 Å². The fraction of sp³-hybridized carbons (Fsp3) is 0.280. The summed E-state index contributed by atoms with van der Waals surface area (Å²) < 4.78 is 2.38. The van der Waals surface area contributed by atoms with Crippen LogP contribution in [0.25, 0.3) is 22.5 Å². The van der Waals surface area contributed by atoms with Crippen molar-refractivity contribution in [2.75, 3.05) is 19.4 Å². The van der Waals surface area contributed by atoms with Gasteiger partial charge in [0.2, 0.25) is 0 Å². The van der Waals surface area contributed by atoms with Crippen molar-refractivity contribution in [1.29, 1.82) is 0 Å². The van der Waals surface area contributed by atoms with Crippen LogP contribution >= 0.6 is 0 Å². The highest BCUT2D eigenvalue weighted by Crippen LogP contribution is 2.35. The number of fused-ring (bicyclic) bond motifs is 1. The van der Waals surface area contributed by atoms with Crippen LogP contribution in [-0.2, 0) is 13.0 Å². The zero-order valence-electron chi connectivity index (χ0n) is 19.4. The minimum Gasteiger partial charge on any atom is -0.349 e. The summed E-state index contributed by atoms with van der Waals surface area (Å²) in [5.74, 6) is 2.70. The number of nitrogens with zero attached hydrogens (tertiary/aromatic N) is 6. The number of aliphatic imine (C=N–C) groups is 1. The van der Waals surface area contributed by atoms with E-state index in [1.165, 1.54) is 16.8 Å². The predicted molar refractivity (Wildman–Crippen MR) is 131 cm³/mol. The number of aryl methyl sites for hydroxylation is 1. The Balaban J connectivity index is 1.45. The fourth-order valence-electron chi connectivity index (χ4n) is 4.36. The Labute approximate surface area is 193 Å². The maximum absolute atomic E-state index is 4.79. The summed E-state index contributed by atoms with van der Waals surface area (Å²) in [5, 5.41) is 17.9. The molecule has 2 aromatic heterocycles. The number of tetrazole rings is 1. The lowest BCUT2D eigenvalue weighted by atomic mass is 9.98. The van der Waals surface area contributed by atoms with Crippen LogP contribution in [0.3, 0.4) is 0 Å². The molecule has 0 bridgehead atoms. The summed E-state index contributed by atoms with van der Waals surface area (Å²) >= 11 is 0. The van der Waals surface area contributed by atoms with E-state index in [4.69, 9.17) is 4.99 Å². The Kier molecular flexibility index (Phi) is 5.42. The van der Waals surface area contributed by atoms with Gasteiger partial charge in [0.1, 0.15) is 5.82 Å². The number of aromatic nitrogens is 5. The summed E-state index contributed by atoms with van der Waals surface area (Å²) in [5.41, 5.74) is 7.01. The number of anilines is 1. The molecule has 0 fully saturated rings. The highest BCUT2D eigenvalue weighted by Gasteiger charge is 2.25. The SMILES string of the molecule is CCc1cc2c(n1Cc1ccc(-c3ccccc3-c3nnn[nH]3)cc1)NC(N(C)C)=NC2C. The monoisotopic (exact) mass is 440 g/mol. The topological polar surface area (TPSA) is 87.0 Å². The third-order valence-corrected chi connectivity index (χ3v) is 6.13. The van der Waals surface area contributed by atoms with Gasteiger partial charge in [0.05, 0.1) is 6.04 Å². The standard InChI is InChI=1S/C25H28N8/c1-5-19-14-22-16(2)26-25(32(3)4)27-24(22)33(19)15-17-10-12-18(13-11-17)20-8-6-7-9-21(20)23-28-30-31-29-23/h6-14,16H,5,15H2,1-4H3,(H,26,27)(H,28,29,30,31). The van der Waals surface area contributed by atoms with Crippen LogP contribution in [0, 0.1) is 0 Å². The normalized spacial score (nSPS) is 15.0. The summed E-state index contributed by atoms with van der Waals surface area (Å²) in [6.45, 7) is 5.16. The van der Waals surface area contributed by atoms with E-state index in [1.54, 1.807) is 0 Å². The molecule has 1 aliphatic heterocycles. The predicted octanol–water partition coefficient (Wildman–Crippen LogP) is 4.35. The van der Waals surface area contributed by atoms with Gasteiger partial charge in [0.25, 0.3) is 0 Å². The molecule has 168 valence electrons. The molecule has 8 nitrogen and oxygen atoms in total. The molecule has 1 unspecified atom stereocenters. The van der Waals surface area contributed by atoms with Crippen LogP contribution in [0.5, 0.6) is 0 Å². The van der Waals surface area contributed by atoms with Gasteiger partial charge in [-0.1, -0.05) is 55.5 Å². The van der Waals surface area contributed by atoms with E-state index in [9.17, 15) is 0 Å². The molecule has 0 amide bonds. The van der Waals surface area contributed by atoms with E-state index in [-0.39, 0.29) is 6.04 Å². The van der Waals surface area contributed by atoms with E-state index >= 15 is 0 Å². The van der Waals surface area contributed by atoms with E-state index in [0.29, 0.717) is 5.82 Å². The van der Waals surface area contributed by atoms with E-state index in [2.05, 4.69) is 80.8 Å². The summed E-state index contributed by atoms with van der Waals surface area (Å²) in [4.78, 5) is 6.82. The van der Waals surface area contributed by atoms with Crippen LogP contribution in [0.1, 0.15) is 36.7 Å². The molecule has 5 rings (SSSR count). The molecule has 2 N–H and O–H groups in total. The van der Waals surface area contributed by atoms with Gasteiger partial charge in [0, 0.05) is 37.5 Å². The van der Waals surface area contributed by atoms with Crippen molar-refractivity contribution in [2.45, 2.75) is 32.9 Å². The number of nitrogens with one attached hydrogen (secondary N) is 2. The second kappa shape index (κ2) is 8.54. The lowest BCUT2D eigenvalue weighted by Gasteiger charge is -2.26. The van der Waals surface area contributed by atoms with Gasteiger partial charge in [0.15, 0.2) is 11.8 Å². The molecule has 33 heavy (non-hydrogen) atoms. The molecule has 1 atom stereocenters. The molecule has 3 heterocycles. The Bertz CT molecular complexity index is 1280. The zero-order chi connectivity index (χ0) is 22.9. The number of H-pyrrole nitrogens is 1. The molecule has 0 radical (unpaired) electrons. The van der Waals surface area contributed by atoms with Crippen LogP contribution in [-0.4, -0.2) is 50.1 Å². The first kappa shape index (κ1) is 20.9. The lowest BCUT2D eigenvalue weighted by Crippen LogP contribution is -2.33. The second-order valence-corrected chi connectivity index (χ2v) is 8.52. The smallest absolute Gasteiger partial charge is 0.199 e. The van der Waals surface area contributed by atoms with Crippen molar-refractivity contribution in [3.05, 3.63) is 71.4 Å². The number of benzene rings is 2. The first-order valence-electron chi connectivity index (χ1n) is 11.2. The summed E-state index contributed by atoms with van der Waals surface area (Å²) in [6, 6.07) is 19.3. The summed E-state index contributed by atoms with van der Waals surface area (Å²) in [7, 11) is 4.03. The molecular formula is C25H28N8. The molecule has 0 saturated heterocycles. The Hall–Kier alpha value is -3.94. The van der Waals surface area contributed by atoms with Crippen molar-refractivity contribution in [3.8, 4) is 22.5 Å². The molecular weight excluding hydrogens is 412 g/mol. The highest BCUT2D eigenvalue weighted by molar-refractivity contribution is 5.95. The van der Waals surface area contributed by atoms with Crippen LogP contribution in [0.15, 0.2) is 59.6 Å². The quantitative estimate of drug-likeness (QED) is 0.482. The average Bonchev–Trinajstić information content (AvgIpc) is 3.48. The third-order valence-electron chi connectivity index (χ3n) is 6.13. The molecule has 8 heteroatoms. The first-order chi connectivity index (χ1) is 16.0. The second-order valence-electron chi connectivity index (χ2n) is 8.52. The molecule has 2 aromatic carbocycles. The largest absolute Gasteiger partial charge is 0.349 e. The third kappa shape index (κ3) is 3.88. The lowest BCUT2D eigenvalue weighted by molar-refractivity contribution is 0.600. The van der Waals surface area contributed by atoms with Crippen LogP contribution in [0.4, 0.5) is 5.82 Å². The molecule has 1 aliphatic rings. The van der Waals surface area contributed by atoms with E-state index in [1.807, 2.05) is 37.2 Å². The van der Waals surface area contributed by atoms with Gasteiger partial charge < -0.3 is 14.8 Å². The molecule has 0 aliphatic carbocycles. The van der Waals surface area contributed by atoms with Gasteiger partial charge in [-0.15, -0.1) is 5.10 Å². The van der Waals surface area contributed by atoms with Gasteiger partial charge >= 0.3 is 0 Å². The van der Waals surface area contributed by atoms with Gasteiger partial charge in [-0.2, -0.15) is 0 Å². The van der Waals surface area contributed by atoms with E-state index in [0.717, 1.165) is 41.4 Å². The van der Waals surface area contributed by atoms with Crippen LogP contribution < -0.4 is 5.32 Å². The number of rotatable bonds is 5. The molecule has 4 aromatic rings. The highest BCUT2D eigenvalue weighted by atomic mass is 15.5. The van der Waals surface area contributed by atoms with Crippen LogP contribution in [0.2, 0.25) is 0 Å². The number of hydrogen-bond acceptors (Lipinski definition) is 6. The Morgan fingerprint density at radius 2 is 1.79 bits per heavy atom. The van der Waals surface area contributed by atoms with Gasteiger partial charge in [-0.25, -0.2) is 10.1 Å². The van der Waals surface area contributed by atoms with Crippen molar-refractivity contribution in [1.82, 2.24) is 30.1 Å². The Morgan fingerprint density at radius 1 is 1.03 bits per heavy atom. The van der Waals surface area contributed by atoms with E-state index < -0.39 is 0 Å². The average molecular weight is 441 g/mol. The number of hydrogen-bond donors (Lipinski definition) is 2. The van der Waals surface area contributed by atoms with Crippen molar-refractivity contribution >= 4 is 11.8 Å². The fourth-order valence-corrected chi connectivity index (χ4v) is 4.36. The molecule has 0 saturated carbocycles. The maximum Gasteiger partial charge on any atom is 0.199 e. The molecule has 0 spiro atoms. The zero-order valence-corrected chi connectivity index (χ0v) is 19.4. The minimum atomic E-state index is 0.134. The Morgan fingerprint density at radius 3 is 2.45 bits per heavy atom. The maximum atomic E-state index is 4.79. The van der Waals surface area contributed by atoms with Gasteiger partial charge in [-0.3, -0.25) is 0 Å². The van der Waals surface area contributed by atoms with Crippen molar-refractivity contribution < 1.29 is 0 Å². The van der Waals surface area contributed by atoms with Gasteiger partial charge in [-0.05, 0) is 46.5 Å². The minimum absolute atomic E-state index is 0.134. The number of aromatic amines is 1.